The van der Waals surface area contributed by atoms with Gasteiger partial charge < -0.3 is 15.2 Å². The summed E-state index contributed by atoms with van der Waals surface area (Å²) in [4.78, 5) is 31.0. The Bertz CT molecular complexity index is 1700. The number of carbonyl (C=O) groups excluding carboxylic acids is 1. The number of benzene rings is 1. The summed E-state index contributed by atoms with van der Waals surface area (Å²) in [6.45, 7) is 0.301. The highest BCUT2D eigenvalue weighted by molar-refractivity contribution is 7.08. The molecule has 0 radical (unpaired) electrons. The van der Waals surface area contributed by atoms with Gasteiger partial charge in [-0.25, -0.2) is 9.97 Å². The molecule has 5 aromatic heterocycles. The van der Waals surface area contributed by atoms with E-state index in [1.807, 2.05) is 43.3 Å². The first kappa shape index (κ1) is 22.1. The lowest BCUT2D eigenvalue weighted by Gasteiger charge is -2.11. The van der Waals surface area contributed by atoms with Crippen LogP contribution < -0.4 is 5.32 Å². The van der Waals surface area contributed by atoms with Crippen molar-refractivity contribution in [2.24, 2.45) is 0 Å². The Hall–Kier alpha value is -4.41. The summed E-state index contributed by atoms with van der Waals surface area (Å²) in [6, 6.07) is 12.0. The number of carbonyl (C=O) groups is 1. The highest BCUT2D eigenvalue weighted by Gasteiger charge is 2.16. The molecule has 10 heteroatoms. The van der Waals surface area contributed by atoms with E-state index in [2.05, 4.69) is 53.4 Å². The summed E-state index contributed by atoms with van der Waals surface area (Å²) in [6.07, 6.45) is 5.20. The largest absolute Gasteiger partial charge is 0.335 e. The molecule has 0 aliphatic rings. The van der Waals surface area contributed by atoms with Gasteiger partial charge in [-0.1, -0.05) is 6.07 Å². The minimum absolute atomic E-state index is 0.0909. The normalized spacial score (nSPS) is 11.5. The number of fused-ring (bicyclic) bond motifs is 2. The molecular weight excluding hydrogens is 472 g/mol. The molecule has 0 fully saturated rings. The summed E-state index contributed by atoms with van der Waals surface area (Å²) in [5, 5.41) is 15.6. The lowest BCUT2D eigenvalue weighted by Crippen LogP contribution is -2.27. The number of hydrogen-bond acceptors (Lipinski definition) is 7. The fourth-order valence-corrected chi connectivity index (χ4v) is 4.87. The molecule has 9 nitrogen and oxygen atoms in total. The zero-order chi connectivity index (χ0) is 24.6. The van der Waals surface area contributed by atoms with Crippen molar-refractivity contribution in [2.75, 3.05) is 26.0 Å². The number of nitrogens with one attached hydrogen (secondary N) is 3. The summed E-state index contributed by atoms with van der Waals surface area (Å²) >= 11 is 1.65. The van der Waals surface area contributed by atoms with Crippen LogP contribution in [0.4, 0.5) is 5.69 Å². The van der Waals surface area contributed by atoms with Crippen LogP contribution in [0.25, 0.3) is 55.8 Å². The summed E-state index contributed by atoms with van der Waals surface area (Å²) < 4.78 is 0. The fourth-order valence-electron chi connectivity index (χ4n) is 4.21. The van der Waals surface area contributed by atoms with E-state index in [-0.39, 0.29) is 5.91 Å². The third kappa shape index (κ3) is 4.12. The van der Waals surface area contributed by atoms with Crippen LogP contribution in [0.3, 0.4) is 0 Å². The molecule has 36 heavy (non-hydrogen) atoms. The number of imidazole rings is 1. The van der Waals surface area contributed by atoms with Gasteiger partial charge in [0.1, 0.15) is 5.69 Å². The van der Waals surface area contributed by atoms with Crippen molar-refractivity contribution in [3.05, 3.63) is 65.7 Å². The van der Waals surface area contributed by atoms with Crippen molar-refractivity contribution in [1.29, 1.82) is 0 Å². The van der Waals surface area contributed by atoms with E-state index in [0.717, 1.165) is 38.7 Å². The second-order valence-corrected chi connectivity index (χ2v) is 9.52. The number of likely N-dealkylation sites (N-methyl/N-ethyl adjacent to an activating group) is 1. The SMILES string of the molecule is CN(C)CC(=O)Nc1cncc(-c2ccc3[nH]nc(-c4nc5nccc(-c6ccsc6)c5[nH]4)c3c2)c1. The minimum Gasteiger partial charge on any atom is -0.335 e. The van der Waals surface area contributed by atoms with E-state index in [1.54, 1.807) is 29.9 Å². The number of amides is 1. The highest BCUT2D eigenvalue weighted by atomic mass is 32.1. The summed E-state index contributed by atoms with van der Waals surface area (Å²) in [5.74, 6) is 0.554. The predicted molar refractivity (Wildman–Crippen MR) is 143 cm³/mol. The number of aromatic nitrogens is 6. The maximum absolute atomic E-state index is 12.2. The van der Waals surface area contributed by atoms with E-state index in [0.29, 0.717) is 29.4 Å². The lowest BCUT2D eigenvalue weighted by atomic mass is 10.0. The molecule has 0 aliphatic carbocycles. The second-order valence-electron chi connectivity index (χ2n) is 8.74. The number of nitrogens with zero attached hydrogens (tertiary/aromatic N) is 5. The van der Waals surface area contributed by atoms with Gasteiger partial charge in [0.2, 0.25) is 5.91 Å². The standard InChI is InChI=1S/C26H22N8OS/c1-34(2)13-22(35)29-18-9-17(11-27-12-18)15-3-4-21-20(10-15)24(33-32-21)26-30-23-19(16-6-8-36-14-16)5-7-28-25(23)31-26/h3-12,14H,13H2,1-2H3,(H,29,35)(H,32,33)(H,28,30,31). The van der Waals surface area contributed by atoms with Gasteiger partial charge in [-0.2, -0.15) is 16.4 Å². The third-order valence-electron chi connectivity index (χ3n) is 5.83. The van der Waals surface area contributed by atoms with Crippen LogP contribution in [0, 0.1) is 0 Å². The van der Waals surface area contributed by atoms with Crippen LogP contribution in [0.2, 0.25) is 0 Å². The van der Waals surface area contributed by atoms with Crippen LogP contribution in [0.1, 0.15) is 0 Å². The number of rotatable bonds is 6. The van der Waals surface area contributed by atoms with Crippen LogP contribution >= 0.6 is 11.3 Å². The Kier molecular flexibility index (Phi) is 5.51. The average Bonchev–Trinajstić information content (AvgIpc) is 3.62. The zero-order valence-electron chi connectivity index (χ0n) is 19.6. The predicted octanol–water partition coefficient (Wildman–Crippen LogP) is 4.79. The van der Waals surface area contributed by atoms with Crippen LogP contribution in [0.15, 0.2) is 65.7 Å². The van der Waals surface area contributed by atoms with Gasteiger partial charge in [0.05, 0.1) is 29.5 Å². The molecular formula is C26H22N8OS. The highest BCUT2D eigenvalue weighted by Crippen LogP contribution is 2.33. The van der Waals surface area contributed by atoms with Gasteiger partial charge in [-0.3, -0.25) is 14.9 Å². The van der Waals surface area contributed by atoms with Crippen molar-refractivity contribution in [2.45, 2.75) is 0 Å². The van der Waals surface area contributed by atoms with Gasteiger partial charge >= 0.3 is 0 Å². The Morgan fingerprint density at radius 2 is 2.00 bits per heavy atom. The topological polar surface area (TPSA) is 115 Å². The first-order valence-electron chi connectivity index (χ1n) is 11.3. The molecule has 0 atom stereocenters. The first-order valence-corrected chi connectivity index (χ1v) is 12.3. The van der Waals surface area contributed by atoms with Crippen molar-refractivity contribution in [1.82, 2.24) is 35.0 Å². The van der Waals surface area contributed by atoms with Crippen LogP contribution in [-0.2, 0) is 4.79 Å². The maximum Gasteiger partial charge on any atom is 0.238 e. The van der Waals surface area contributed by atoms with E-state index in [4.69, 9.17) is 4.98 Å². The average molecular weight is 495 g/mol. The number of H-pyrrole nitrogens is 2. The molecule has 0 aliphatic heterocycles. The Morgan fingerprint density at radius 3 is 2.83 bits per heavy atom. The van der Waals surface area contributed by atoms with Crippen molar-refractivity contribution in [3.8, 4) is 33.8 Å². The van der Waals surface area contributed by atoms with Crippen LogP contribution in [0.5, 0.6) is 0 Å². The van der Waals surface area contributed by atoms with Crippen molar-refractivity contribution >= 4 is 45.0 Å². The summed E-state index contributed by atoms with van der Waals surface area (Å²) in [7, 11) is 3.71. The molecule has 0 saturated carbocycles. The third-order valence-corrected chi connectivity index (χ3v) is 6.51. The Balaban J connectivity index is 1.38. The smallest absolute Gasteiger partial charge is 0.238 e. The Morgan fingerprint density at radius 1 is 1.08 bits per heavy atom. The molecule has 3 N–H and O–H groups in total. The first-order chi connectivity index (χ1) is 17.5. The maximum atomic E-state index is 12.2. The van der Waals surface area contributed by atoms with E-state index >= 15 is 0 Å². The van der Waals surface area contributed by atoms with Gasteiger partial charge in [-0.05, 0) is 66.3 Å². The van der Waals surface area contributed by atoms with Crippen molar-refractivity contribution in [3.63, 3.8) is 0 Å². The molecule has 178 valence electrons. The summed E-state index contributed by atoms with van der Waals surface area (Å²) in [5.41, 5.74) is 7.80. The number of thiophene rings is 1. The zero-order valence-corrected chi connectivity index (χ0v) is 20.4. The van der Waals surface area contributed by atoms with E-state index in [9.17, 15) is 4.79 Å². The molecule has 6 rings (SSSR count). The fraction of sp³-hybridized carbons (Fsp3) is 0.115. The minimum atomic E-state index is -0.0909. The van der Waals surface area contributed by atoms with Gasteiger partial charge in [0.25, 0.3) is 0 Å². The van der Waals surface area contributed by atoms with Gasteiger partial charge in [-0.15, -0.1) is 0 Å². The number of hydrogen-bond donors (Lipinski definition) is 3. The molecule has 1 amide bonds. The van der Waals surface area contributed by atoms with E-state index < -0.39 is 0 Å². The van der Waals surface area contributed by atoms with Crippen molar-refractivity contribution < 1.29 is 4.79 Å². The molecule has 6 aromatic rings. The molecule has 1 aromatic carbocycles. The molecule has 5 heterocycles. The molecule has 0 unspecified atom stereocenters. The lowest BCUT2D eigenvalue weighted by molar-refractivity contribution is -0.116. The second kappa shape index (κ2) is 8.99. The number of aromatic amines is 2. The van der Waals surface area contributed by atoms with Crippen LogP contribution in [-0.4, -0.2) is 61.6 Å². The Labute approximate surface area is 210 Å². The molecule has 0 saturated heterocycles. The number of anilines is 1. The molecule has 0 spiro atoms. The molecule has 0 bridgehead atoms. The number of pyridine rings is 2. The van der Waals surface area contributed by atoms with Gasteiger partial charge in [0, 0.05) is 28.9 Å². The van der Waals surface area contributed by atoms with E-state index in [1.165, 1.54) is 0 Å². The monoisotopic (exact) mass is 494 g/mol. The quantitative estimate of drug-likeness (QED) is 0.307. The van der Waals surface area contributed by atoms with Gasteiger partial charge in [0.15, 0.2) is 11.5 Å².